The van der Waals surface area contributed by atoms with E-state index in [-0.39, 0.29) is 5.41 Å². The normalized spacial score (nSPS) is 24.0. The molecule has 1 saturated heterocycles. The van der Waals surface area contributed by atoms with Crippen molar-refractivity contribution >= 4 is 5.82 Å². The Morgan fingerprint density at radius 3 is 2.47 bits per heavy atom. The van der Waals surface area contributed by atoms with Crippen LogP contribution in [0.2, 0.25) is 0 Å². The van der Waals surface area contributed by atoms with E-state index in [4.69, 9.17) is 10.7 Å². The molecule has 0 spiro atoms. The second-order valence-corrected chi connectivity index (χ2v) is 7.02. The molecule has 0 aromatic carbocycles. The molecule has 0 bridgehead atoms. The molecule has 1 fully saturated rings. The predicted octanol–water partition coefficient (Wildman–Crippen LogP) is 3.07. The maximum absolute atomic E-state index is 5.85. The molecule has 1 aromatic rings. The van der Waals surface area contributed by atoms with Crippen molar-refractivity contribution in [3.63, 3.8) is 0 Å². The first-order valence-corrected chi connectivity index (χ1v) is 7.29. The van der Waals surface area contributed by atoms with Crippen LogP contribution >= 0.6 is 0 Å². The molecular weight excluding hydrogens is 234 g/mol. The van der Waals surface area contributed by atoms with Gasteiger partial charge in [0.15, 0.2) is 0 Å². The fourth-order valence-corrected chi connectivity index (χ4v) is 2.84. The minimum absolute atomic E-state index is 0.0640. The van der Waals surface area contributed by atoms with Gasteiger partial charge in [0.25, 0.3) is 0 Å². The summed E-state index contributed by atoms with van der Waals surface area (Å²) in [4.78, 5) is 7.32. The van der Waals surface area contributed by atoms with Crippen LogP contribution in [-0.2, 0) is 12.0 Å². The number of nitrogens with zero attached hydrogens (tertiary/aromatic N) is 2. The first kappa shape index (κ1) is 14.3. The highest BCUT2D eigenvalue weighted by Gasteiger charge is 2.28. The van der Waals surface area contributed by atoms with Crippen molar-refractivity contribution in [2.24, 2.45) is 11.7 Å². The largest absolute Gasteiger partial charge is 0.354 e. The summed E-state index contributed by atoms with van der Waals surface area (Å²) >= 11 is 0. The monoisotopic (exact) mass is 261 g/mol. The molecule has 1 aliphatic heterocycles. The van der Waals surface area contributed by atoms with E-state index in [1.54, 1.807) is 0 Å². The quantitative estimate of drug-likeness (QED) is 0.889. The van der Waals surface area contributed by atoms with Crippen molar-refractivity contribution in [1.82, 2.24) is 4.98 Å². The molecule has 2 unspecified atom stereocenters. The Bertz CT molecular complexity index is 448. The van der Waals surface area contributed by atoms with Crippen LogP contribution in [0.5, 0.6) is 0 Å². The average Bonchev–Trinajstić information content (AvgIpc) is 2.66. The summed E-state index contributed by atoms with van der Waals surface area (Å²) < 4.78 is 0. The van der Waals surface area contributed by atoms with Crippen LogP contribution in [0.25, 0.3) is 0 Å². The summed E-state index contributed by atoms with van der Waals surface area (Å²) in [7, 11) is 0. The topological polar surface area (TPSA) is 42.1 Å². The zero-order valence-corrected chi connectivity index (χ0v) is 12.9. The third-order valence-corrected chi connectivity index (χ3v) is 3.95. The summed E-state index contributed by atoms with van der Waals surface area (Å²) in [6.07, 6.45) is 1.25. The molecule has 0 saturated carbocycles. The number of aromatic nitrogens is 1. The molecule has 19 heavy (non-hydrogen) atoms. The van der Waals surface area contributed by atoms with Crippen molar-refractivity contribution in [2.45, 2.75) is 59.0 Å². The zero-order valence-electron chi connectivity index (χ0n) is 12.9. The summed E-state index contributed by atoms with van der Waals surface area (Å²) in [6.45, 7) is 12.9. The Morgan fingerprint density at radius 1 is 1.32 bits per heavy atom. The van der Waals surface area contributed by atoms with Gasteiger partial charge in [-0.2, -0.15) is 0 Å². The molecule has 2 rings (SSSR count). The van der Waals surface area contributed by atoms with Gasteiger partial charge in [-0.15, -0.1) is 0 Å². The number of anilines is 1. The fraction of sp³-hybridized carbons (Fsp3) is 0.688. The number of hydrogen-bond acceptors (Lipinski definition) is 3. The molecule has 2 heterocycles. The van der Waals surface area contributed by atoms with Crippen molar-refractivity contribution in [2.75, 3.05) is 11.4 Å². The SMILES string of the molecule is CC1CC(C)N(c2cc(CN)cc(C(C)(C)C)n2)C1. The van der Waals surface area contributed by atoms with Crippen LogP contribution in [-0.4, -0.2) is 17.6 Å². The van der Waals surface area contributed by atoms with Crippen LogP contribution < -0.4 is 10.6 Å². The van der Waals surface area contributed by atoms with E-state index in [0.717, 1.165) is 24.0 Å². The number of nitrogens with two attached hydrogens (primary N) is 1. The highest BCUT2D eigenvalue weighted by molar-refractivity contribution is 5.46. The molecule has 2 atom stereocenters. The summed E-state index contributed by atoms with van der Waals surface area (Å²) in [5.41, 5.74) is 8.23. The molecule has 3 heteroatoms. The van der Waals surface area contributed by atoms with E-state index in [2.05, 4.69) is 51.7 Å². The lowest BCUT2D eigenvalue weighted by Crippen LogP contribution is -2.29. The van der Waals surface area contributed by atoms with Gasteiger partial charge in [-0.3, -0.25) is 0 Å². The summed E-state index contributed by atoms with van der Waals surface area (Å²) in [6, 6.07) is 4.88. The average molecular weight is 261 g/mol. The summed E-state index contributed by atoms with van der Waals surface area (Å²) in [5.74, 6) is 1.85. The van der Waals surface area contributed by atoms with E-state index in [1.165, 1.54) is 12.0 Å². The minimum atomic E-state index is 0.0640. The Hall–Kier alpha value is -1.09. The smallest absolute Gasteiger partial charge is 0.129 e. The van der Waals surface area contributed by atoms with Gasteiger partial charge < -0.3 is 10.6 Å². The van der Waals surface area contributed by atoms with Crippen LogP contribution in [0.3, 0.4) is 0 Å². The second kappa shape index (κ2) is 5.12. The van der Waals surface area contributed by atoms with Crippen molar-refractivity contribution in [3.05, 3.63) is 23.4 Å². The van der Waals surface area contributed by atoms with Crippen LogP contribution in [0.1, 0.15) is 52.3 Å². The Labute approximate surface area is 117 Å². The third-order valence-electron chi connectivity index (χ3n) is 3.95. The molecule has 0 amide bonds. The van der Waals surface area contributed by atoms with E-state index < -0.39 is 0 Å². The van der Waals surface area contributed by atoms with Gasteiger partial charge in [0, 0.05) is 30.2 Å². The fourth-order valence-electron chi connectivity index (χ4n) is 2.84. The molecule has 2 N–H and O–H groups in total. The lowest BCUT2D eigenvalue weighted by molar-refractivity contribution is 0.566. The van der Waals surface area contributed by atoms with Gasteiger partial charge in [-0.1, -0.05) is 27.7 Å². The van der Waals surface area contributed by atoms with Gasteiger partial charge in [0.2, 0.25) is 0 Å². The first-order valence-electron chi connectivity index (χ1n) is 7.29. The lowest BCUT2D eigenvalue weighted by atomic mass is 9.90. The molecule has 0 radical (unpaired) electrons. The van der Waals surface area contributed by atoms with Crippen molar-refractivity contribution < 1.29 is 0 Å². The van der Waals surface area contributed by atoms with E-state index in [1.807, 2.05) is 0 Å². The maximum Gasteiger partial charge on any atom is 0.129 e. The zero-order chi connectivity index (χ0) is 14.2. The number of pyridine rings is 1. The summed E-state index contributed by atoms with van der Waals surface area (Å²) in [5, 5.41) is 0. The van der Waals surface area contributed by atoms with Gasteiger partial charge in [0.1, 0.15) is 5.82 Å². The standard InChI is InChI=1S/C16H27N3/c1-11-6-12(2)19(10-11)15-8-13(9-17)7-14(18-15)16(3,4)5/h7-8,11-12H,6,9-10,17H2,1-5H3. The van der Waals surface area contributed by atoms with Crippen molar-refractivity contribution in [1.29, 1.82) is 0 Å². The maximum atomic E-state index is 5.85. The van der Waals surface area contributed by atoms with Gasteiger partial charge in [-0.25, -0.2) is 4.98 Å². The van der Waals surface area contributed by atoms with Gasteiger partial charge >= 0.3 is 0 Å². The number of hydrogen-bond donors (Lipinski definition) is 1. The Kier molecular flexibility index (Phi) is 3.86. The van der Waals surface area contributed by atoms with Crippen molar-refractivity contribution in [3.8, 4) is 0 Å². The van der Waals surface area contributed by atoms with E-state index in [0.29, 0.717) is 12.6 Å². The molecule has 0 aliphatic carbocycles. The second-order valence-electron chi connectivity index (χ2n) is 7.02. The van der Waals surface area contributed by atoms with E-state index in [9.17, 15) is 0 Å². The first-order chi connectivity index (χ1) is 8.81. The highest BCUT2D eigenvalue weighted by Crippen LogP contribution is 2.30. The number of rotatable bonds is 2. The van der Waals surface area contributed by atoms with Crippen LogP contribution in [0, 0.1) is 5.92 Å². The van der Waals surface area contributed by atoms with Gasteiger partial charge in [0.05, 0.1) is 0 Å². The molecule has 1 aliphatic rings. The molecule has 3 nitrogen and oxygen atoms in total. The third kappa shape index (κ3) is 3.08. The Morgan fingerprint density at radius 2 is 2.00 bits per heavy atom. The van der Waals surface area contributed by atoms with Gasteiger partial charge in [-0.05, 0) is 37.0 Å². The van der Waals surface area contributed by atoms with Crippen LogP contribution in [0.4, 0.5) is 5.82 Å². The van der Waals surface area contributed by atoms with Crippen LogP contribution in [0.15, 0.2) is 12.1 Å². The highest BCUT2D eigenvalue weighted by atomic mass is 15.2. The molecule has 1 aromatic heterocycles. The minimum Gasteiger partial charge on any atom is -0.354 e. The molecule has 106 valence electrons. The lowest BCUT2D eigenvalue weighted by Gasteiger charge is -2.26. The predicted molar refractivity (Wildman–Crippen MR) is 81.4 cm³/mol. The molecular formula is C16H27N3. The Balaban J connectivity index is 2.40. The van der Waals surface area contributed by atoms with E-state index >= 15 is 0 Å².